The van der Waals surface area contributed by atoms with Gasteiger partial charge >= 0.3 is 0 Å². The number of rotatable bonds is 3. The highest BCUT2D eigenvalue weighted by Crippen LogP contribution is 2.10. The summed E-state index contributed by atoms with van der Waals surface area (Å²) in [6, 6.07) is 8.26. The van der Waals surface area contributed by atoms with Crippen LogP contribution in [0, 0.1) is 12.7 Å². The van der Waals surface area contributed by atoms with E-state index in [0.717, 1.165) is 4.47 Å². The van der Waals surface area contributed by atoms with E-state index in [0.29, 0.717) is 16.8 Å². The molecule has 0 aliphatic carbocycles. The van der Waals surface area contributed by atoms with E-state index in [1.165, 1.54) is 6.07 Å². The van der Waals surface area contributed by atoms with Gasteiger partial charge in [0.25, 0.3) is 5.91 Å². The standard InChI is InChI=1S/C14H12BrFN2O/c1-9-2-3-10(6-12(9)16)7-18-14(19)13-5-4-11(15)8-17-13/h2-6,8H,7H2,1H3,(H,18,19). The van der Waals surface area contributed by atoms with Crippen molar-refractivity contribution in [2.24, 2.45) is 0 Å². The Balaban J connectivity index is 2.00. The molecule has 0 bridgehead atoms. The van der Waals surface area contributed by atoms with Gasteiger partial charge in [0, 0.05) is 17.2 Å². The van der Waals surface area contributed by atoms with Crippen LogP contribution >= 0.6 is 15.9 Å². The van der Waals surface area contributed by atoms with Crippen LogP contribution < -0.4 is 5.32 Å². The average Bonchev–Trinajstić information content (AvgIpc) is 2.40. The Morgan fingerprint density at radius 1 is 1.37 bits per heavy atom. The molecule has 1 aromatic carbocycles. The highest BCUT2D eigenvalue weighted by molar-refractivity contribution is 9.10. The zero-order chi connectivity index (χ0) is 13.8. The number of hydrogen-bond acceptors (Lipinski definition) is 2. The molecule has 0 aliphatic heterocycles. The Bertz CT molecular complexity index is 599. The van der Waals surface area contributed by atoms with Crippen LogP contribution in [0.1, 0.15) is 21.6 Å². The topological polar surface area (TPSA) is 42.0 Å². The van der Waals surface area contributed by atoms with E-state index in [9.17, 15) is 9.18 Å². The molecule has 0 saturated heterocycles. The van der Waals surface area contributed by atoms with E-state index in [1.807, 2.05) is 0 Å². The van der Waals surface area contributed by atoms with Gasteiger partial charge in [0.05, 0.1) is 0 Å². The van der Waals surface area contributed by atoms with Crippen LogP contribution in [0.4, 0.5) is 4.39 Å². The smallest absolute Gasteiger partial charge is 0.270 e. The SMILES string of the molecule is Cc1ccc(CNC(=O)c2ccc(Br)cn2)cc1F. The average molecular weight is 323 g/mol. The summed E-state index contributed by atoms with van der Waals surface area (Å²) in [5.74, 6) is -0.554. The molecule has 98 valence electrons. The van der Waals surface area contributed by atoms with Crippen LogP contribution in [0.25, 0.3) is 0 Å². The highest BCUT2D eigenvalue weighted by atomic mass is 79.9. The van der Waals surface area contributed by atoms with Crippen LogP contribution in [0.15, 0.2) is 41.0 Å². The minimum Gasteiger partial charge on any atom is -0.347 e. The first-order valence-corrected chi connectivity index (χ1v) is 6.50. The van der Waals surface area contributed by atoms with Crippen molar-refractivity contribution in [3.63, 3.8) is 0 Å². The molecule has 2 aromatic rings. The zero-order valence-electron chi connectivity index (χ0n) is 10.3. The maximum atomic E-state index is 13.3. The van der Waals surface area contributed by atoms with Crippen molar-refractivity contribution >= 4 is 21.8 Å². The van der Waals surface area contributed by atoms with Gasteiger partial charge in [-0.05, 0) is 52.2 Å². The third-order valence-corrected chi connectivity index (χ3v) is 3.12. The number of halogens is 2. The number of nitrogens with one attached hydrogen (secondary N) is 1. The molecule has 1 aromatic heterocycles. The highest BCUT2D eigenvalue weighted by Gasteiger charge is 2.07. The van der Waals surface area contributed by atoms with Crippen molar-refractivity contribution in [1.82, 2.24) is 10.3 Å². The Morgan fingerprint density at radius 2 is 2.16 bits per heavy atom. The maximum absolute atomic E-state index is 13.3. The number of hydrogen-bond donors (Lipinski definition) is 1. The summed E-state index contributed by atoms with van der Waals surface area (Å²) in [5.41, 5.74) is 1.63. The molecule has 0 aliphatic rings. The lowest BCUT2D eigenvalue weighted by Gasteiger charge is -2.06. The van der Waals surface area contributed by atoms with Crippen molar-refractivity contribution in [3.05, 3.63) is 63.6 Å². The molecule has 19 heavy (non-hydrogen) atoms. The fourth-order valence-corrected chi connectivity index (χ4v) is 1.76. The summed E-state index contributed by atoms with van der Waals surface area (Å²) in [5, 5.41) is 2.70. The van der Waals surface area contributed by atoms with E-state index in [2.05, 4.69) is 26.2 Å². The Morgan fingerprint density at radius 3 is 2.79 bits per heavy atom. The van der Waals surface area contributed by atoms with Gasteiger partial charge in [-0.2, -0.15) is 0 Å². The lowest BCUT2D eigenvalue weighted by Crippen LogP contribution is -2.23. The fourth-order valence-electron chi connectivity index (χ4n) is 1.53. The molecule has 0 spiro atoms. The predicted molar refractivity (Wildman–Crippen MR) is 74.2 cm³/mol. The second-order valence-electron chi connectivity index (χ2n) is 4.13. The quantitative estimate of drug-likeness (QED) is 0.942. The molecule has 0 unspecified atom stereocenters. The summed E-state index contributed by atoms with van der Waals surface area (Å²) in [6.45, 7) is 1.97. The molecule has 3 nitrogen and oxygen atoms in total. The fraction of sp³-hybridized carbons (Fsp3) is 0.143. The lowest BCUT2D eigenvalue weighted by atomic mass is 10.1. The van der Waals surface area contributed by atoms with Crippen LogP contribution in [0.5, 0.6) is 0 Å². The predicted octanol–water partition coefficient (Wildman–Crippen LogP) is 3.22. The zero-order valence-corrected chi connectivity index (χ0v) is 11.9. The first-order valence-electron chi connectivity index (χ1n) is 5.71. The minimum atomic E-state index is -0.284. The van der Waals surface area contributed by atoms with Crippen LogP contribution in [-0.2, 0) is 6.54 Å². The largest absolute Gasteiger partial charge is 0.347 e. The number of benzene rings is 1. The summed E-state index contributed by atoms with van der Waals surface area (Å²) >= 11 is 3.25. The number of aryl methyl sites for hydroxylation is 1. The van der Waals surface area contributed by atoms with E-state index in [1.54, 1.807) is 37.4 Å². The molecular formula is C14H12BrFN2O. The monoisotopic (exact) mass is 322 g/mol. The normalized spacial score (nSPS) is 10.3. The van der Waals surface area contributed by atoms with Gasteiger partial charge in [0.2, 0.25) is 0 Å². The maximum Gasteiger partial charge on any atom is 0.270 e. The molecule has 0 fully saturated rings. The van der Waals surface area contributed by atoms with Crippen molar-refractivity contribution in [2.45, 2.75) is 13.5 Å². The van der Waals surface area contributed by atoms with E-state index in [4.69, 9.17) is 0 Å². The molecule has 0 saturated carbocycles. The second kappa shape index (κ2) is 5.93. The van der Waals surface area contributed by atoms with E-state index < -0.39 is 0 Å². The molecule has 5 heteroatoms. The molecular weight excluding hydrogens is 311 g/mol. The molecule has 1 heterocycles. The van der Waals surface area contributed by atoms with Gasteiger partial charge in [-0.3, -0.25) is 4.79 Å². The number of carbonyl (C=O) groups excluding carboxylic acids is 1. The Hall–Kier alpha value is -1.75. The number of nitrogens with zero attached hydrogens (tertiary/aromatic N) is 1. The van der Waals surface area contributed by atoms with Gasteiger partial charge in [-0.15, -0.1) is 0 Å². The minimum absolute atomic E-state index is 0.270. The molecule has 0 atom stereocenters. The van der Waals surface area contributed by atoms with Gasteiger partial charge in [-0.25, -0.2) is 9.37 Å². The van der Waals surface area contributed by atoms with Crippen molar-refractivity contribution < 1.29 is 9.18 Å². The number of carbonyl (C=O) groups is 1. The number of amides is 1. The molecule has 1 N–H and O–H groups in total. The number of pyridine rings is 1. The van der Waals surface area contributed by atoms with Crippen molar-refractivity contribution in [1.29, 1.82) is 0 Å². The van der Waals surface area contributed by atoms with Crippen LogP contribution in [0.2, 0.25) is 0 Å². The Labute approximate surface area is 119 Å². The molecule has 1 amide bonds. The second-order valence-corrected chi connectivity index (χ2v) is 5.04. The van der Waals surface area contributed by atoms with Gasteiger partial charge in [-0.1, -0.05) is 12.1 Å². The van der Waals surface area contributed by atoms with E-state index in [-0.39, 0.29) is 18.3 Å². The molecule has 0 radical (unpaired) electrons. The van der Waals surface area contributed by atoms with Gasteiger partial charge in [0.15, 0.2) is 0 Å². The van der Waals surface area contributed by atoms with E-state index >= 15 is 0 Å². The van der Waals surface area contributed by atoms with Gasteiger partial charge < -0.3 is 5.32 Å². The van der Waals surface area contributed by atoms with Crippen molar-refractivity contribution in [2.75, 3.05) is 0 Å². The first-order chi connectivity index (χ1) is 9.06. The van der Waals surface area contributed by atoms with Crippen molar-refractivity contribution in [3.8, 4) is 0 Å². The third-order valence-electron chi connectivity index (χ3n) is 2.65. The summed E-state index contributed by atoms with van der Waals surface area (Å²) in [6.07, 6.45) is 1.56. The van der Waals surface area contributed by atoms with Crippen LogP contribution in [-0.4, -0.2) is 10.9 Å². The summed E-state index contributed by atoms with van der Waals surface area (Å²) in [7, 11) is 0. The summed E-state index contributed by atoms with van der Waals surface area (Å²) in [4.78, 5) is 15.8. The summed E-state index contributed by atoms with van der Waals surface area (Å²) < 4.78 is 14.2. The third kappa shape index (κ3) is 3.61. The first kappa shape index (κ1) is 13.7. The Kier molecular flexibility index (Phi) is 4.27. The lowest BCUT2D eigenvalue weighted by molar-refractivity contribution is 0.0946. The van der Waals surface area contributed by atoms with Crippen LogP contribution in [0.3, 0.4) is 0 Å². The van der Waals surface area contributed by atoms with Gasteiger partial charge in [0.1, 0.15) is 11.5 Å². The molecule has 2 rings (SSSR count). The number of aromatic nitrogens is 1.